The Kier molecular flexibility index (Phi) is 5.95. The summed E-state index contributed by atoms with van der Waals surface area (Å²) in [6.07, 6.45) is 4.05. The summed E-state index contributed by atoms with van der Waals surface area (Å²) in [7, 11) is 1.64. The van der Waals surface area contributed by atoms with E-state index in [9.17, 15) is 9.59 Å². The monoisotopic (exact) mass is 293 g/mol. The fourth-order valence-corrected chi connectivity index (χ4v) is 2.50. The van der Waals surface area contributed by atoms with Crippen LogP contribution in [-0.2, 0) is 17.6 Å². The average Bonchev–Trinajstić information content (AvgIpc) is 2.49. The Labute approximate surface area is 124 Å². The van der Waals surface area contributed by atoms with Crippen LogP contribution in [-0.4, -0.2) is 44.2 Å². The summed E-state index contributed by atoms with van der Waals surface area (Å²) in [5.74, 6) is -0.307. The van der Waals surface area contributed by atoms with Gasteiger partial charge in [0.2, 0.25) is 0 Å². The maximum absolute atomic E-state index is 12.1. The largest absolute Gasteiger partial charge is 0.383 e. The Morgan fingerprint density at radius 2 is 2.10 bits per heavy atom. The molecule has 1 aliphatic carbocycles. The molecule has 6 nitrogen and oxygen atoms in total. The van der Waals surface area contributed by atoms with Crippen molar-refractivity contribution >= 4 is 5.91 Å². The van der Waals surface area contributed by atoms with Crippen LogP contribution in [0.3, 0.4) is 0 Å². The molecule has 2 rings (SSSR count). The zero-order valence-corrected chi connectivity index (χ0v) is 12.5. The minimum atomic E-state index is -0.307. The maximum atomic E-state index is 12.1. The second-order valence-electron chi connectivity index (χ2n) is 5.22. The van der Waals surface area contributed by atoms with E-state index in [1.165, 1.54) is 0 Å². The van der Waals surface area contributed by atoms with E-state index < -0.39 is 0 Å². The molecule has 0 fully saturated rings. The van der Waals surface area contributed by atoms with Gasteiger partial charge in [-0.3, -0.25) is 9.59 Å². The average molecular weight is 293 g/mol. The molecular weight excluding hydrogens is 270 g/mol. The van der Waals surface area contributed by atoms with Crippen molar-refractivity contribution in [2.75, 3.05) is 33.4 Å². The van der Waals surface area contributed by atoms with Gasteiger partial charge in [0, 0.05) is 32.4 Å². The fraction of sp³-hybridized carbons (Fsp3) is 0.600. The predicted octanol–water partition coefficient (Wildman–Crippen LogP) is 0.220. The van der Waals surface area contributed by atoms with Gasteiger partial charge < -0.3 is 20.4 Å². The van der Waals surface area contributed by atoms with Crippen LogP contribution >= 0.6 is 0 Å². The van der Waals surface area contributed by atoms with Crippen molar-refractivity contribution in [1.29, 1.82) is 0 Å². The van der Waals surface area contributed by atoms with Gasteiger partial charge in [0.15, 0.2) is 0 Å². The molecule has 0 radical (unpaired) electrons. The van der Waals surface area contributed by atoms with Crippen LogP contribution in [0.15, 0.2) is 10.9 Å². The highest BCUT2D eigenvalue weighted by Gasteiger charge is 2.16. The molecule has 0 aliphatic heterocycles. The molecule has 1 amide bonds. The highest BCUT2D eigenvalue weighted by molar-refractivity contribution is 5.94. The van der Waals surface area contributed by atoms with Crippen molar-refractivity contribution in [3.05, 3.63) is 33.2 Å². The van der Waals surface area contributed by atoms with E-state index in [1.807, 2.05) is 0 Å². The van der Waals surface area contributed by atoms with Gasteiger partial charge in [0.1, 0.15) is 5.56 Å². The van der Waals surface area contributed by atoms with Crippen LogP contribution < -0.4 is 16.2 Å². The lowest BCUT2D eigenvalue weighted by molar-refractivity contribution is 0.0952. The smallest absolute Gasteiger partial charge is 0.261 e. The summed E-state index contributed by atoms with van der Waals surface area (Å²) < 4.78 is 4.91. The second kappa shape index (κ2) is 7.95. The number of carbonyl (C=O) groups excluding carboxylic acids is 1. The molecule has 0 saturated heterocycles. The van der Waals surface area contributed by atoms with Gasteiger partial charge in [-0.05, 0) is 37.3 Å². The summed E-state index contributed by atoms with van der Waals surface area (Å²) in [6.45, 7) is 2.52. The zero-order valence-electron chi connectivity index (χ0n) is 12.5. The van der Waals surface area contributed by atoms with E-state index in [2.05, 4.69) is 15.6 Å². The lowest BCUT2D eigenvalue weighted by atomic mass is 9.95. The molecule has 1 aromatic rings. The number of methoxy groups -OCH3 is 1. The van der Waals surface area contributed by atoms with Crippen molar-refractivity contribution in [3.63, 3.8) is 0 Å². The zero-order chi connectivity index (χ0) is 15.1. The number of aromatic amines is 1. The minimum Gasteiger partial charge on any atom is -0.383 e. The molecule has 116 valence electrons. The molecular formula is C15H23N3O3. The number of hydrogen-bond acceptors (Lipinski definition) is 4. The van der Waals surface area contributed by atoms with Crippen LogP contribution in [0.2, 0.25) is 0 Å². The minimum absolute atomic E-state index is 0.215. The van der Waals surface area contributed by atoms with E-state index in [0.717, 1.165) is 43.5 Å². The Morgan fingerprint density at radius 1 is 1.29 bits per heavy atom. The van der Waals surface area contributed by atoms with Gasteiger partial charge in [-0.15, -0.1) is 0 Å². The Hall–Kier alpha value is -1.66. The normalized spacial score (nSPS) is 13.8. The van der Waals surface area contributed by atoms with Crippen molar-refractivity contribution in [2.45, 2.75) is 25.7 Å². The molecule has 0 atom stereocenters. The number of pyridine rings is 1. The van der Waals surface area contributed by atoms with Gasteiger partial charge in [-0.2, -0.15) is 0 Å². The highest BCUT2D eigenvalue weighted by Crippen LogP contribution is 2.18. The first kappa shape index (κ1) is 15.7. The van der Waals surface area contributed by atoms with E-state index in [0.29, 0.717) is 19.7 Å². The second-order valence-corrected chi connectivity index (χ2v) is 5.22. The van der Waals surface area contributed by atoms with Crippen LogP contribution in [0.25, 0.3) is 0 Å². The van der Waals surface area contributed by atoms with E-state index in [4.69, 9.17) is 4.74 Å². The maximum Gasteiger partial charge on any atom is 0.261 e. The van der Waals surface area contributed by atoms with Gasteiger partial charge in [-0.25, -0.2) is 0 Å². The molecule has 21 heavy (non-hydrogen) atoms. The number of aryl methyl sites for hydroxylation is 2. The molecule has 6 heteroatoms. The first-order valence-electron chi connectivity index (χ1n) is 7.45. The van der Waals surface area contributed by atoms with Crippen molar-refractivity contribution in [1.82, 2.24) is 15.6 Å². The SMILES string of the molecule is COCCNCCNC(=O)c1cc2c([nH]c1=O)CCCC2. The van der Waals surface area contributed by atoms with Crippen LogP contribution in [0.1, 0.15) is 34.5 Å². The molecule has 0 saturated carbocycles. The standard InChI is InChI=1S/C15H23N3O3/c1-21-9-8-16-6-7-17-14(19)12-10-11-4-2-3-5-13(11)18-15(12)20/h10,16H,2-9H2,1H3,(H,17,19)(H,18,20). The van der Waals surface area contributed by atoms with Crippen molar-refractivity contribution in [2.24, 2.45) is 0 Å². The highest BCUT2D eigenvalue weighted by atomic mass is 16.5. The van der Waals surface area contributed by atoms with Crippen molar-refractivity contribution in [3.8, 4) is 0 Å². The summed E-state index contributed by atoms with van der Waals surface area (Å²) in [4.78, 5) is 26.9. The molecule has 0 spiro atoms. The first-order chi connectivity index (χ1) is 10.2. The summed E-state index contributed by atoms with van der Waals surface area (Å²) in [5.41, 5.74) is 2.02. The number of nitrogens with one attached hydrogen (secondary N) is 3. The molecule has 0 aromatic carbocycles. The molecule has 0 bridgehead atoms. The number of amides is 1. The van der Waals surface area contributed by atoms with Crippen LogP contribution in [0, 0.1) is 0 Å². The summed E-state index contributed by atoms with van der Waals surface area (Å²) in [6, 6.07) is 1.75. The molecule has 1 aliphatic rings. The Balaban J connectivity index is 1.89. The van der Waals surface area contributed by atoms with Crippen molar-refractivity contribution < 1.29 is 9.53 Å². The summed E-state index contributed by atoms with van der Waals surface area (Å²) >= 11 is 0. The lowest BCUT2D eigenvalue weighted by Gasteiger charge is -2.16. The molecule has 3 N–H and O–H groups in total. The lowest BCUT2D eigenvalue weighted by Crippen LogP contribution is -2.36. The number of aromatic nitrogens is 1. The third-order valence-corrected chi connectivity index (χ3v) is 3.65. The number of hydrogen-bond donors (Lipinski definition) is 3. The fourth-order valence-electron chi connectivity index (χ4n) is 2.50. The van der Waals surface area contributed by atoms with E-state index >= 15 is 0 Å². The van der Waals surface area contributed by atoms with Crippen LogP contribution in [0.5, 0.6) is 0 Å². The van der Waals surface area contributed by atoms with E-state index in [-0.39, 0.29) is 17.0 Å². The van der Waals surface area contributed by atoms with Gasteiger partial charge in [-0.1, -0.05) is 0 Å². The number of H-pyrrole nitrogens is 1. The van der Waals surface area contributed by atoms with Gasteiger partial charge >= 0.3 is 0 Å². The van der Waals surface area contributed by atoms with E-state index in [1.54, 1.807) is 13.2 Å². The number of fused-ring (bicyclic) bond motifs is 1. The Bertz CT molecular complexity index is 539. The Morgan fingerprint density at radius 3 is 2.90 bits per heavy atom. The third kappa shape index (κ3) is 4.41. The topological polar surface area (TPSA) is 83.2 Å². The number of ether oxygens (including phenoxy) is 1. The molecule has 1 heterocycles. The third-order valence-electron chi connectivity index (χ3n) is 3.65. The van der Waals surface area contributed by atoms with Gasteiger partial charge in [0.25, 0.3) is 11.5 Å². The first-order valence-corrected chi connectivity index (χ1v) is 7.45. The summed E-state index contributed by atoms with van der Waals surface area (Å²) in [5, 5.41) is 5.89. The quantitative estimate of drug-likeness (QED) is 0.628. The molecule has 1 aromatic heterocycles. The predicted molar refractivity (Wildman–Crippen MR) is 80.8 cm³/mol. The number of carbonyl (C=O) groups is 1. The van der Waals surface area contributed by atoms with Crippen LogP contribution in [0.4, 0.5) is 0 Å². The number of rotatable bonds is 7. The molecule has 0 unspecified atom stereocenters. The van der Waals surface area contributed by atoms with Gasteiger partial charge in [0.05, 0.1) is 6.61 Å².